The number of halogens is 2. The van der Waals surface area contributed by atoms with Gasteiger partial charge in [0, 0.05) is 12.1 Å². The number of alkyl halides is 1. The van der Waals surface area contributed by atoms with Crippen LogP contribution in [0.15, 0.2) is 28.7 Å². The first-order valence-electron chi connectivity index (χ1n) is 7.32. The Kier molecular flexibility index (Phi) is 4.22. The van der Waals surface area contributed by atoms with Crippen molar-refractivity contribution in [3.63, 3.8) is 0 Å². The Morgan fingerprint density at radius 3 is 2.78 bits per heavy atom. The van der Waals surface area contributed by atoms with Crippen molar-refractivity contribution >= 4 is 11.9 Å². The molecule has 0 radical (unpaired) electrons. The Hall–Kier alpha value is -2.51. The molecule has 23 heavy (non-hydrogen) atoms. The first-order valence-corrected chi connectivity index (χ1v) is 7.32. The summed E-state index contributed by atoms with van der Waals surface area (Å²) in [5.41, 5.74) is 0.575. The van der Waals surface area contributed by atoms with E-state index in [-0.39, 0.29) is 30.2 Å². The average Bonchev–Trinajstić information content (AvgIpc) is 3.16. The summed E-state index contributed by atoms with van der Waals surface area (Å²) in [5, 5.41) is 10.5. The summed E-state index contributed by atoms with van der Waals surface area (Å²) in [6, 6.07) is 5.10. The molecule has 8 heteroatoms. The van der Waals surface area contributed by atoms with Crippen molar-refractivity contribution in [2.45, 2.75) is 25.6 Å². The van der Waals surface area contributed by atoms with Crippen LogP contribution < -0.4 is 5.32 Å². The lowest BCUT2D eigenvalue weighted by molar-refractivity contribution is -0.130. The third kappa shape index (κ3) is 3.46. The molecule has 1 aliphatic rings. The second kappa shape index (κ2) is 6.31. The lowest BCUT2D eigenvalue weighted by Crippen LogP contribution is -2.40. The summed E-state index contributed by atoms with van der Waals surface area (Å²) >= 11 is 0. The maximum Gasteiger partial charge on any atom is 0.316 e. The molecule has 6 nitrogen and oxygen atoms in total. The normalized spacial score (nSPS) is 18.9. The largest absolute Gasteiger partial charge is 0.403 e. The molecule has 122 valence electrons. The SMILES string of the molecule is C[C@@H](Nc1nnc(-c2ccc(F)cc2)o1)C(=O)N1CCC(F)C1. The predicted molar refractivity (Wildman–Crippen MR) is 78.9 cm³/mol. The molecule has 0 saturated carbocycles. The van der Waals surface area contributed by atoms with Gasteiger partial charge in [-0.3, -0.25) is 4.79 Å². The molecule has 1 N–H and O–H groups in total. The smallest absolute Gasteiger partial charge is 0.316 e. The summed E-state index contributed by atoms with van der Waals surface area (Å²) in [6.07, 6.45) is -0.590. The molecule has 1 unspecified atom stereocenters. The van der Waals surface area contributed by atoms with Gasteiger partial charge in [-0.2, -0.15) is 0 Å². The fourth-order valence-corrected chi connectivity index (χ4v) is 2.43. The van der Waals surface area contributed by atoms with Crippen molar-refractivity contribution < 1.29 is 18.0 Å². The second-order valence-corrected chi connectivity index (χ2v) is 5.46. The Morgan fingerprint density at radius 2 is 2.13 bits per heavy atom. The van der Waals surface area contributed by atoms with Crippen molar-refractivity contribution in [1.82, 2.24) is 15.1 Å². The van der Waals surface area contributed by atoms with Gasteiger partial charge in [0.05, 0.1) is 6.54 Å². The summed E-state index contributed by atoms with van der Waals surface area (Å²) in [4.78, 5) is 13.6. The Balaban J connectivity index is 1.64. The van der Waals surface area contributed by atoms with Crippen LogP contribution in [0.1, 0.15) is 13.3 Å². The fourth-order valence-electron chi connectivity index (χ4n) is 2.43. The highest BCUT2D eigenvalue weighted by Crippen LogP contribution is 2.21. The van der Waals surface area contributed by atoms with Crippen molar-refractivity contribution in [3.05, 3.63) is 30.1 Å². The van der Waals surface area contributed by atoms with Gasteiger partial charge in [0.2, 0.25) is 11.8 Å². The number of anilines is 1. The predicted octanol–water partition coefficient (Wildman–Crippen LogP) is 2.25. The number of nitrogens with one attached hydrogen (secondary N) is 1. The Bertz CT molecular complexity index is 689. The number of carbonyl (C=O) groups excluding carboxylic acids is 1. The lowest BCUT2D eigenvalue weighted by Gasteiger charge is -2.20. The third-order valence-corrected chi connectivity index (χ3v) is 3.67. The molecule has 1 amide bonds. The zero-order valence-electron chi connectivity index (χ0n) is 12.5. The van der Waals surface area contributed by atoms with E-state index >= 15 is 0 Å². The summed E-state index contributed by atoms with van der Waals surface area (Å²) in [6.45, 7) is 2.18. The van der Waals surface area contributed by atoms with Crippen molar-refractivity contribution in [2.24, 2.45) is 0 Å². The number of nitrogens with zero attached hydrogens (tertiary/aromatic N) is 3. The van der Waals surface area contributed by atoms with Crippen LogP contribution in [0.4, 0.5) is 14.8 Å². The molecular formula is C15H16F2N4O2. The van der Waals surface area contributed by atoms with Gasteiger partial charge < -0.3 is 14.6 Å². The van der Waals surface area contributed by atoms with E-state index in [1.54, 1.807) is 6.92 Å². The van der Waals surface area contributed by atoms with E-state index in [0.29, 0.717) is 18.5 Å². The first-order chi connectivity index (χ1) is 11.0. The zero-order valence-corrected chi connectivity index (χ0v) is 12.5. The minimum Gasteiger partial charge on any atom is -0.403 e. The number of benzene rings is 1. The highest BCUT2D eigenvalue weighted by atomic mass is 19.1. The van der Waals surface area contributed by atoms with Crippen LogP contribution in [0.3, 0.4) is 0 Å². The minimum absolute atomic E-state index is 0.0844. The summed E-state index contributed by atoms with van der Waals surface area (Å²) < 4.78 is 31.5. The van der Waals surface area contributed by atoms with E-state index in [2.05, 4.69) is 15.5 Å². The molecule has 2 atom stereocenters. The quantitative estimate of drug-likeness (QED) is 0.935. The number of likely N-dealkylation sites (tertiary alicyclic amines) is 1. The molecule has 1 saturated heterocycles. The molecule has 1 fully saturated rings. The van der Waals surface area contributed by atoms with Crippen LogP contribution in [-0.4, -0.2) is 46.3 Å². The molecule has 1 aliphatic heterocycles. The van der Waals surface area contributed by atoms with E-state index < -0.39 is 12.2 Å². The maximum absolute atomic E-state index is 13.2. The van der Waals surface area contributed by atoms with Gasteiger partial charge in [0.25, 0.3) is 0 Å². The average molecular weight is 322 g/mol. The van der Waals surface area contributed by atoms with Crippen LogP contribution in [0.5, 0.6) is 0 Å². The van der Waals surface area contributed by atoms with E-state index in [4.69, 9.17) is 4.42 Å². The molecular weight excluding hydrogens is 306 g/mol. The van der Waals surface area contributed by atoms with E-state index in [1.165, 1.54) is 29.2 Å². The van der Waals surface area contributed by atoms with Crippen molar-refractivity contribution in [2.75, 3.05) is 18.4 Å². The molecule has 0 bridgehead atoms. The number of hydrogen-bond donors (Lipinski definition) is 1. The van der Waals surface area contributed by atoms with Crippen molar-refractivity contribution in [1.29, 1.82) is 0 Å². The van der Waals surface area contributed by atoms with E-state index in [1.807, 2.05) is 0 Å². The molecule has 2 aromatic rings. The van der Waals surface area contributed by atoms with Crippen LogP contribution in [0, 0.1) is 5.82 Å². The lowest BCUT2D eigenvalue weighted by atomic mass is 10.2. The maximum atomic E-state index is 13.2. The third-order valence-electron chi connectivity index (χ3n) is 3.67. The van der Waals surface area contributed by atoms with Gasteiger partial charge in [-0.1, -0.05) is 5.10 Å². The van der Waals surface area contributed by atoms with E-state index in [9.17, 15) is 13.6 Å². The first kappa shape index (κ1) is 15.4. The molecule has 2 heterocycles. The van der Waals surface area contributed by atoms with Gasteiger partial charge in [-0.25, -0.2) is 8.78 Å². The minimum atomic E-state index is -0.959. The highest BCUT2D eigenvalue weighted by molar-refractivity contribution is 5.84. The second-order valence-electron chi connectivity index (χ2n) is 5.46. The summed E-state index contributed by atoms with van der Waals surface area (Å²) in [5.74, 6) is -0.355. The highest BCUT2D eigenvalue weighted by Gasteiger charge is 2.29. The van der Waals surface area contributed by atoms with Crippen LogP contribution in [0.2, 0.25) is 0 Å². The van der Waals surface area contributed by atoms with Gasteiger partial charge in [-0.15, -0.1) is 5.10 Å². The van der Waals surface area contributed by atoms with E-state index in [0.717, 1.165) is 0 Å². The number of amides is 1. The molecule has 3 rings (SSSR count). The van der Waals surface area contributed by atoms with Crippen LogP contribution in [0.25, 0.3) is 11.5 Å². The zero-order chi connectivity index (χ0) is 16.4. The number of hydrogen-bond acceptors (Lipinski definition) is 5. The molecule has 1 aromatic carbocycles. The molecule has 1 aromatic heterocycles. The van der Waals surface area contributed by atoms with Gasteiger partial charge >= 0.3 is 6.01 Å². The number of rotatable bonds is 4. The number of aromatic nitrogens is 2. The monoisotopic (exact) mass is 322 g/mol. The van der Waals surface area contributed by atoms with Crippen LogP contribution >= 0.6 is 0 Å². The summed E-state index contributed by atoms with van der Waals surface area (Å²) in [7, 11) is 0. The molecule has 0 spiro atoms. The Labute approximate surface area is 131 Å². The Morgan fingerprint density at radius 1 is 1.39 bits per heavy atom. The van der Waals surface area contributed by atoms with Crippen molar-refractivity contribution in [3.8, 4) is 11.5 Å². The van der Waals surface area contributed by atoms with Gasteiger partial charge in [-0.05, 0) is 37.6 Å². The number of carbonyl (C=O) groups is 1. The fraction of sp³-hybridized carbons (Fsp3) is 0.400. The van der Waals surface area contributed by atoms with Crippen LogP contribution in [-0.2, 0) is 4.79 Å². The molecule has 0 aliphatic carbocycles. The topological polar surface area (TPSA) is 71.3 Å². The van der Waals surface area contributed by atoms with Gasteiger partial charge in [0.1, 0.15) is 18.0 Å². The standard InChI is InChI=1S/C15H16F2N4O2/c1-9(14(22)21-7-6-12(17)8-21)18-15-20-19-13(23-15)10-2-4-11(16)5-3-10/h2-5,9,12H,6-8H2,1H3,(H,18,20)/t9-,12?/m1/s1. The van der Waals surface area contributed by atoms with Gasteiger partial charge in [0.15, 0.2) is 0 Å².